The second kappa shape index (κ2) is 6.36. The fourth-order valence-electron chi connectivity index (χ4n) is 1.71. The fraction of sp³-hybridized carbons (Fsp3) is 0.615. The number of aromatic nitrogens is 2. The molecule has 1 fully saturated rings. The zero-order valence-corrected chi connectivity index (χ0v) is 11.5. The Balaban J connectivity index is 1.95. The van der Waals surface area contributed by atoms with E-state index in [1.165, 1.54) is 0 Å². The minimum Gasteiger partial charge on any atom is -0.373 e. The summed E-state index contributed by atoms with van der Waals surface area (Å²) in [5.74, 6) is 2.83. The summed E-state index contributed by atoms with van der Waals surface area (Å²) in [6, 6.07) is 1.82. The predicted molar refractivity (Wildman–Crippen MR) is 75.3 cm³/mol. The van der Waals surface area contributed by atoms with Crippen LogP contribution in [0.3, 0.4) is 0 Å². The highest BCUT2D eigenvalue weighted by molar-refractivity contribution is 5.80. The van der Waals surface area contributed by atoms with Gasteiger partial charge in [-0.05, 0) is 19.3 Å². The van der Waals surface area contributed by atoms with Crippen LogP contribution in [0.15, 0.2) is 6.07 Å². The molecule has 0 radical (unpaired) electrons. The van der Waals surface area contributed by atoms with Crippen LogP contribution < -0.4 is 16.0 Å². The molecule has 0 bridgehead atoms. The molecule has 0 aliphatic heterocycles. The van der Waals surface area contributed by atoms with Gasteiger partial charge in [-0.15, -0.1) is 0 Å². The standard InChI is InChI=1S/C13H21N5O/c1-3-6-15-12(19)8-16-11-7-10(14-2)17-13(18-11)9-4-5-9/h7,9H,3-6,8H2,1-2H3,(H,15,19)(H2,14,16,17,18). The summed E-state index contributed by atoms with van der Waals surface area (Å²) >= 11 is 0. The van der Waals surface area contributed by atoms with Crippen molar-refractivity contribution in [1.82, 2.24) is 15.3 Å². The Morgan fingerprint density at radius 2 is 2.11 bits per heavy atom. The van der Waals surface area contributed by atoms with Crippen molar-refractivity contribution in [2.75, 3.05) is 30.8 Å². The van der Waals surface area contributed by atoms with E-state index >= 15 is 0 Å². The Morgan fingerprint density at radius 3 is 2.74 bits per heavy atom. The highest BCUT2D eigenvalue weighted by Gasteiger charge is 2.27. The Hall–Kier alpha value is -1.85. The van der Waals surface area contributed by atoms with Crippen molar-refractivity contribution in [2.45, 2.75) is 32.1 Å². The zero-order chi connectivity index (χ0) is 13.7. The number of nitrogens with zero attached hydrogens (tertiary/aromatic N) is 2. The van der Waals surface area contributed by atoms with Crippen molar-refractivity contribution in [3.05, 3.63) is 11.9 Å². The van der Waals surface area contributed by atoms with Gasteiger partial charge in [-0.25, -0.2) is 9.97 Å². The summed E-state index contributed by atoms with van der Waals surface area (Å²) in [4.78, 5) is 20.4. The largest absolute Gasteiger partial charge is 0.373 e. The molecule has 0 spiro atoms. The lowest BCUT2D eigenvalue weighted by atomic mass is 10.3. The number of carbonyl (C=O) groups excluding carboxylic acids is 1. The van der Waals surface area contributed by atoms with E-state index in [-0.39, 0.29) is 12.5 Å². The third-order valence-electron chi connectivity index (χ3n) is 2.94. The molecular weight excluding hydrogens is 242 g/mol. The van der Waals surface area contributed by atoms with Gasteiger partial charge >= 0.3 is 0 Å². The van der Waals surface area contributed by atoms with Crippen LogP contribution in [-0.2, 0) is 4.79 Å². The lowest BCUT2D eigenvalue weighted by Crippen LogP contribution is -2.30. The van der Waals surface area contributed by atoms with E-state index in [0.717, 1.165) is 30.9 Å². The summed E-state index contributed by atoms with van der Waals surface area (Å²) in [7, 11) is 1.83. The number of hydrogen-bond acceptors (Lipinski definition) is 5. The van der Waals surface area contributed by atoms with Gasteiger partial charge in [-0.2, -0.15) is 0 Å². The summed E-state index contributed by atoms with van der Waals surface area (Å²) in [6.07, 6.45) is 3.25. The van der Waals surface area contributed by atoms with Crippen LogP contribution in [0.2, 0.25) is 0 Å². The Labute approximate surface area is 113 Å². The second-order valence-electron chi connectivity index (χ2n) is 4.72. The highest BCUT2D eigenvalue weighted by Crippen LogP contribution is 2.38. The molecule has 1 amide bonds. The number of anilines is 2. The summed E-state index contributed by atoms with van der Waals surface area (Å²) in [5, 5.41) is 8.89. The molecular formula is C13H21N5O. The van der Waals surface area contributed by atoms with E-state index in [9.17, 15) is 4.79 Å². The first-order chi connectivity index (χ1) is 9.22. The number of hydrogen-bond donors (Lipinski definition) is 3. The van der Waals surface area contributed by atoms with Crippen LogP contribution in [0.4, 0.5) is 11.6 Å². The molecule has 0 atom stereocenters. The number of carbonyl (C=O) groups is 1. The number of rotatable bonds is 7. The van der Waals surface area contributed by atoms with Crippen molar-refractivity contribution in [3.8, 4) is 0 Å². The monoisotopic (exact) mass is 263 g/mol. The average Bonchev–Trinajstić information content (AvgIpc) is 3.27. The van der Waals surface area contributed by atoms with Gasteiger partial charge in [0.15, 0.2) is 0 Å². The molecule has 1 aromatic rings. The Kier molecular flexibility index (Phi) is 4.54. The van der Waals surface area contributed by atoms with Crippen molar-refractivity contribution in [2.24, 2.45) is 0 Å². The lowest BCUT2D eigenvalue weighted by molar-refractivity contribution is -0.119. The second-order valence-corrected chi connectivity index (χ2v) is 4.72. The Morgan fingerprint density at radius 1 is 1.37 bits per heavy atom. The third-order valence-corrected chi connectivity index (χ3v) is 2.94. The van der Waals surface area contributed by atoms with Gasteiger partial charge in [0.05, 0.1) is 6.54 Å². The van der Waals surface area contributed by atoms with Gasteiger partial charge in [0, 0.05) is 25.6 Å². The molecule has 6 heteroatoms. The molecule has 1 aromatic heterocycles. The van der Waals surface area contributed by atoms with Crippen molar-refractivity contribution in [3.63, 3.8) is 0 Å². The molecule has 0 unspecified atom stereocenters. The van der Waals surface area contributed by atoms with E-state index in [1.54, 1.807) is 0 Å². The quantitative estimate of drug-likeness (QED) is 0.691. The van der Waals surface area contributed by atoms with Crippen molar-refractivity contribution < 1.29 is 4.79 Å². The minimum absolute atomic E-state index is 0.0144. The van der Waals surface area contributed by atoms with E-state index in [0.29, 0.717) is 18.3 Å². The molecule has 1 heterocycles. The first kappa shape index (κ1) is 13.6. The van der Waals surface area contributed by atoms with Crippen molar-refractivity contribution >= 4 is 17.5 Å². The Bertz CT molecular complexity index is 445. The SMILES string of the molecule is CCCNC(=O)CNc1cc(NC)nc(C2CC2)n1. The van der Waals surface area contributed by atoms with E-state index < -0.39 is 0 Å². The van der Waals surface area contributed by atoms with Gasteiger partial charge in [-0.1, -0.05) is 6.92 Å². The fourth-order valence-corrected chi connectivity index (χ4v) is 1.71. The molecule has 6 nitrogen and oxygen atoms in total. The molecule has 0 aromatic carbocycles. The minimum atomic E-state index is -0.0144. The van der Waals surface area contributed by atoms with Gasteiger partial charge in [0.2, 0.25) is 5.91 Å². The molecule has 19 heavy (non-hydrogen) atoms. The van der Waals surface area contributed by atoms with Gasteiger partial charge in [0.1, 0.15) is 17.5 Å². The van der Waals surface area contributed by atoms with Gasteiger partial charge in [0.25, 0.3) is 0 Å². The molecule has 1 aliphatic rings. The smallest absolute Gasteiger partial charge is 0.239 e. The topological polar surface area (TPSA) is 78.9 Å². The third kappa shape index (κ3) is 4.08. The van der Waals surface area contributed by atoms with Gasteiger partial charge in [-0.3, -0.25) is 4.79 Å². The average molecular weight is 263 g/mol. The lowest BCUT2D eigenvalue weighted by Gasteiger charge is -2.09. The summed E-state index contributed by atoms with van der Waals surface area (Å²) < 4.78 is 0. The van der Waals surface area contributed by atoms with Crippen LogP contribution in [-0.4, -0.2) is 36.0 Å². The molecule has 1 aliphatic carbocycles. The molecule has 2 rings (SSSR count). The molecule has 104 valence electrons. The number of nitrogens with one attached hydrogen (secondary N) is 3. The molecule has 1 saturated carbocycles. The highest BCUT2D eigenvalue weighted by atomic mass is 16.1. The first-order valence-electron chi connectivity index (χ1n) is 6.80. The van der Waals surface area contributed by atoms with Crippen LogP contribution >= 0.6 is 0 Å². The maximum atomic E-state index is 11.5. The predicted octanol–water partition coefficient (Wildman–Crippen LogP) is 1.33. The van der Waals surface area contributed by atoms with Crippen molar-refractivity contribution in [1.29, 1.82) is 0 Å². The van der Waals surface area contributed by atoms with Crippen LogP contribution in [0.1, 0.15) is 37.9 Å². The zero-order valence-electron chi connectivity index (χ0n) is 11.5. The normalized spacial score (nSPS) is 14.0. The summed E-state index contributed by atoms with van der Waals surface area (Å²) in [6.45, 7) is 2.98. The van der Waals surface area contributed by atoms with Gasteiger partial charge < -0.3 is 16.0 Å². The van der Waals surface area contributed by atoms with Crippen LogP contribution in [0, 0.1) is 0 Å². The van der Waals surface area contributed by atoms with E-state index in [1.807, 2.05) is 20.0 Å². The molecule has 0 saturated heterocycles. The maximum Gasteiger partial charge on any atom is 0.239 e. The van der Waals surface area contributed by atoms with E-state index in [2.05, 4.69) is 25.9 Å². The molecule has 3 N–H and O–H groups in total. The maximum absolute atomic E-state index is 11.5. The summed E-state index contributed by atoms with van der Waals surface area (Å²) in [5.41, 5.74) is 0. The first-order valence-corrected chi connectivity index (χ1v) is 6.80. The van der Waals surface area contributed by atoms with Crippen LogP contribution in [0.25, 0.3) is 0 Å². The van der Waals surface area contributed by atoms with Crippen LogP contribution in [0.5, 0.6) is 0 Å². The number of amides is 1. The van der Waals surface area contributed by atoms with E-state index in [4.69, 9.17) is 0 Å².